The van der Waals surface area contributed by atoms with Crippen molar-refractivity contribution in [1.82, 2.24) is 4.90 Å². The summed E-state index contributed by atoms with van der Waals surface area (Å²) in [7, 11) is 1.78. The highest BCUT2D eigenvalue weighted by atomic mass is 16.4. The molecule has 1 N–H and O–H groups in total. The van der Waals surface area contributed by atoms with Gasteiger partial charge < -0.3 is 10.0 Å². The molecule has 0 fully saturated rings. The van der Waals surface area contributed by atoms with E-state index in [-0.39, 0.29) is 12.3 Å². The maximum Gasteiger partial charge on any atom is 0.303 e. The average Bonchev–Trinajstić information content (AvgIpc) is 2.34. The predicted octanol–water partition coefficient (Wildman–Crippen LogP) is 1.72. The summed E-state index contributed by atoms with van der Waals surface area (Å²) in [4.78, 5) is 23.2. The van der Waals surface area contributed by atoms with Crippen LogP contribution in [0.3, 0.4) is 0 Å². The zero-order chi connectivity index (χ0) is 13.5. The summed E-state index contributed by atoms with van der Waals surface area (Å²) >= 11 is 0. The van der Waals surface area contributed by atoms with E-state index in [2.05, 4.69) is 0 Å². The van der Waals surface area contributed by atoms with Gasteiger partial charge in [-0.25, -0.2) is 0 Å². The Labute approximate surface area is 107 Å². The number of nitrogens with zero attached hydrogens (tertiary/aromatic N) is 1. The molecule has 1 aromatic rings. The molecule has 0 aliphatic heterocycles. The van der Waals surface area contributed by atoms with Gasteiger partial charge in [0, 0.05) is 26.9 Å². The van der Waals surface area contributed by atoms with E-state index in [1.54, 1.807) is 18.9 Å². The van der Waals surface area contributed by atoms with Gasteiger partial charge in [-0.2, -0.15) is 0 Å². The largest absolute Gasteiger partial charge is 0.481 e. The second-order valence-electron chi connectivity index (χ2n) is 4.40. The Balaban J connectivity index is 2.45. The first-order valence-electron chi connectivity index (χ1n) is 6.00. The van der Waals surface area contributed by atoms with Gasteiger partial charge in [0.15, 0.2) is 0 Å². The van der Waals surface area contributed by atoms with Gasteiger partial charge in [-0.3, -0.25) is 9.59 Å². The lowest BCUT2D eigenvalue weighted by molar-refractivity contribution is -0.137. The molecule has 98 valence electrons. The van der Waals surface area contributed by atoms with E-state index in [1.807, 2.05) is 24.3 Å². The number of hydrogen-bond donors (Lipinski definition) is 1. The fourth-order valence-corrected chi connectivity index (χ4v) is 1.58. The van der Waals surface area contributed by atoms with Crippen LogP contribution in [0.25, 0.3) is 0 Å². The number of hydrogen-bond acceptors (Lipinski definition) is 2. The molecule has 0 atom stereocenters. The number of carbonyl (C=O) groups is 2. The van der Waals surface area contributed by atoms with Crippen molar-refractivity contribution in [3.8, 4) is 0 Å². The maximum atomic E-state index is 11.0. The van der Waals surface area contributed by atoms with Crippen LogP contribution >= 0.6 is 0 Å². The van der Waals surface area contributed by atoms with Gasteiger partial charge >= 0.3 is 5.97 Å². The molecule has 1 amide bonds. The molecule has 4 heteroatoms. The molecule has 0 saturated carbocycles. The highest BCUT2D eigenvalue weighted by Crippen LogP contribution is 2.08. The average molecular weight is 249 g/mol. The molecule has 0 bridgehead atoms. The van der Waals surface area contributed by atoms with E-state index >= 15 is 0 Å². The summed E-state index contributed by atoms with van der Waals surface area (Å²) in [5.41, 5.74) is 2.18. The van der Waals surface area contributed by atoms with Crippen LogP contribution in [0, 0.1) is 0 Å². The lowest BCUT2D eigenvalue weighted by Crippen LogP contribution is -2.26. The minimum absolute atomic E-state index is 0.0630. The molecule has 18 heavy (non-hydrogen) atoms. The van der Waals surface area contributed by atoms with Gasteiger partial charge in [0.25, 0.3) is 0 Å². The monoisotopic (exact) mass is 249 g/mol. The first-order chi connectivity index (χ1) is 8.49. The van der Waals surface area contributed by atoms with Gasteiger partial charge in [-0.1, -0.05) is 24.3 Å². The SMILES string of the molecule is CC(=O)N(C)CCc1ccc(CCC(=O)O)cc1. The molecule has 0 heterocycles. The summed E-state index contributed by atoms with van der Waals surface area (Å²) < 4.78 is 0. The zero-order valence-electron chi connectivity index (χ0n) is 10.8. The van der Waals surface area contributed by atoms with Crippen molar-refractivity contribution in [1.29, 1.82) is 0 Å². The fourth-order valence-electron chi connectivity index (χ4n) is 1.58. The second-order valence-corrected chi connectivity index (χ2v) is 4.40. The van der Waals surface area contributed by atoms with Crippen molar-refractivity contribution >= 4 is 11.9 Å². The van der Waals surface area contributed by atoms with Crippen LogP contribution in [0.4, 0.5) is 0 Å². The number of benzene rings is 1. The van der Waals surface area contributed by atoms with Gasteiger partial charge in [-0.15, -0.1) is 0 Å². The van der Waals surface area contributed by atoms with Gasteiger partial charge in [-0.05, 0) is 24.0 Å². The van der Waals surface area contributed by atoms with Crippen molar-refractivity contribution in [2.45, 2.75) is 26.2 Å². The molecule has 0 aliphatic rings. The number of carbonyl (C=O) groups excluding carboxylic acids is 1. The molecule has 0 unspecified atom stereocenters. The number of aliphatic carboxylic acids is 1. The van der Waals surface area contributed by atoms with Gasteiger partial charge in [0.1, 0.15) is 0 Å². The molecule has 4 nitrogen and oxygen atoms in total. The van der Waals surface area contributed by atoms with Crippen LogP contribution in [0.15, 0.2) is 24.3 Å². The molecule has 1 aromatic carbocycles. The van der Waals surface area contributed by atoms with E-state index in [0.717, 1.165) is 17.5 Å². The number of likely N-dealkylation sites (N-methyl/N-ethyl adjacent to an activating group) is 1. The van der Waals surface area contributed by atoms with Crippen LogP contribution < -0.4 is 0 Å². The van der Waals surface area contributed by atoms with Crippen molar-refractivity contribution in [2.75, 3.05) is 13.6 Å². The topological polar surface area (TPSA) is 57.6 Å². The van der Waals surface area contributed by atoms with E-state index in [0.29, 0.717) is 13.0 Å². The molecule has 0 aliphatic carbocycles. The Morgan fingerprint density at radius 1 is 1.11 bits per heavy atom. The molecule has 0 saturated heterocycles. The lowest BCUT2D eigenvalue weighted by Gasteiger charge is -2.14. The van der Waals surface area contributed by atoms with Gasteiger partial charge in [0.2, 0.25) is 5.91 Å². The van der Waals surface area contributed by atoms with E-state index in [4.69, 9.17) is 5.11 Å². The van der Waals surface area contributed by atoms with Crippen molar-refractivity contribution in [3.05, 3.63) is 35.4 Å². The lowest BCUT2D eigenvalue weighted by atomic mass is 10.1. The molecular weight excluding hydrogens is 230 g/mol. The third-order valence-electron chi connectivity index (χ3n) is 2.92. The standard InChI is InChI=1S/C14H19NO3/c1-11(16)15(2)10-9-13-5-3-12(4-6-13)7-8-14(17)18/h3-6H,7-10H2,1-2H3,(H,17,18). The summed E-state index contributed by atoms with van der Waals surface area (Å²) in [5, 5.41) is 8.59. The minimum atomic E-state index is -0.776. The van der Waals surface area contributed by atoms with Crippen LogP contribution in [0.1, 0.15) is 24.5 Å². The normalized spacial score (nSPS) is 10.1. The van der Waals surface area contributed by atoms with Crippen LogP contribution in [-0.2, 0) is 22.4 Å². The highest BCUT2D eigenvalue weighted by molar-refractivity contribution is 5.72. The molecular formula is C14H19NO3. The fraction of sp³-hybridized carbons (Fsp3) is 0.429. The third kappa shape index (κ3) is 4.99. The highest BCUT2D eigenvalue weighted by Gasteiger charge is 2.03. The number of carboxylic acid groups (broad SMARTS) is 1. The Hall–Kier alpha value is -1.84. The predicted molar refractivity (Wildman–Crippen MR) is 69.4 cm³/mol. The summed E-state index contributed by atoms with van der Waals surface area (Å²) in [6.07, 6.45) is 1.53. The summed E-state index contributed by atoms with van der Waals surface area (Å²) in [5.74, 6) is -0.713. The molecule has 1 rings (SSSR count). The molecule has 0 aromatic heterocycles. The zero-order valence-corrected chi connectivity index (χ0v) is 10.8. The Morgan fingerprint density at radius 3 is 2.06 bits per heavy atom. The minimum Gasteiger partial charge on any atom is -0.481 e. The van der Waals surface area contributed by atoms with Crippen molar-refractivity contribution in [3.63, 3.8) is 0 Å². The molecule has 0 radical (unpaired) electrons. The summed E-state index contributed by atoms with van der Waals surface area (Å²) in [6, 6.07) is 7.88. The van der Waals surface area contributed by atoms with Crippen LogP contribution in [-0.4, -0.2) is 35.5 Å². The third-order valence-corrected chi connectivity index (χ3v) is 2.92. The van der Waals surface area contributed by atoms with Gasteiger partial charge in [0.05, 0.1) is 0 Å². The number of carboxylic acids is 1. The Kier molecular flexibility index (Phi) is 5.36. The molecule has 0 spiro atoms. The smallest absolute Gasteiger partial charge is 0.303 e. The van der Waals surface area contributed by atoms with E-state index in [1.165, 1.54) is 0 Å². The van der Waals surface area contributed by atoms with Crippen LogP contribution in [0.5, 0.6) is 0 Å². The summed E-state index contributed by atoms with van der Waals surface area (Å²) in [6.45, 7) is 2.25. The van der Waals surface area contributed by atoms with E-state index < -0.39 is 5.97 Å². The second kappa shape index (κ2) is 6.79. The van der Waals surface area contributed by atoms with Crippen molar-refractivity contribution in [2.24, 2.45) is 0 Å². The first-order valence-corrected chi connectivity index (χ1v) is 6.00. The number of aryl methyl sites for hydroxylation is 1. The quantitative estimate of drug-likeness (QED) is 0.835. The number of rotatable bonds is 6. The van der Waals surface area contributed by atoms with E-state index in [9.17, 15) is 9.59 Å². The van der Waals surface area contributed by atoms with Crippen LogP contribution in [0.2, 0.25) is 0 Å². The Bertz CT molecular complexity index is 412. The Morgan fingerprint density at radius 2 is 1.61 bits per heavy atom. The van der Waals surface area contributed by atoms with Crippen molar-refractivity contribution < 1.29 is 14.7 Å². The first kappa shape index (κ1) is 14.2. The maximum absolute atomic E-state index is 11.0. The number of amides is 1.